The van der Waals surface area contributed by atoms with Crippen LogP contribution >= 0.6 is 0 Å². The van der Waals surface area contributed by atoms with Gasteiger partial charge in [0.2, 0.25) is 0 Å². The Kier molecular flexibility index (Phi) is 0.981. The maximum atomic E-state index is 10.3. The minimum atomic E-state index is 0.259. The van der Waals surface area contributed by atoms with Crippen LogP contribution in [0.1, 0.15) is 12.8 Å². The van der Waals surface area contributed by atoms with Crippen molar-refractivity contribution in [3.05, 3.63) is 12.2 Å². The normalized spacial score (nSPS) is 46.0. The predicted octanol–water partition coefficient (Wildman–Crippen LogP) is 1.40. The molecule has 3 aliphatic rings. The van der Waals surface area contributed by atoms with E-state index in [1.807, 2.05) is 0 Å². The maximum Gasteiger partial charge on any atom is 0.127 e. The summed E-state index contributed by atoms with van der Waals surface area (Å²) in [7, 11) is 0. The van der Waals surface area contributed by atoms with E-state index < -0.39 is 0 Å². The summed E-state index contributed by atoms with van der Waals surface area (Å²) in [5.41, 5.74) is 0. The van der Waals surface area contributed by atoms with Crippen LogP contribution in [0.25, 0.3) is 0 Å². The van der Waals surface area contributed by atoms with Gasteiger partial charge in [-0.05, 0) is 24.7 Å². The largest absolute Gasteiger partial charge is 0.303 e. The summed E-state index contributed by atoms with van der Waals surface area (Å²) in [6.45, 7) is 0. The van der Waals surface area contributed by atoms with Gasteiger partial charge in [-0.3, -0.25) is 0 Å². The lowest BCUT2D eigenvalue weighted by Gasteiger charge is -2.40. The van der Waals surface area contributed by atoms with Crippen LogP contribution in [0.15, 0.2) is 12.2 Å². The zero-order chi connectivity index (χ0) is 6.27. The van der Waals surface area contributed by atoms with Crippen LogP contribution < -0.4 is 0 Å². The van der Waals surface area contributed by atoms with Gasteiger partial charge in [-0.1, -0.05) is 12.2 Å². The SMILES string of the molecule is O=CC1C=CC2CC1C2. The standard InChI is InChI=1S/C8H10O/c9-5-7-2-1-6-3-8(7)4-6/h1-2,5-8H,3-4H2. The highest BCUT2D eigenvalue weighted by Gasteiger charge is 2.35. The summed E-state index contributed by atoms with van der Waals surface area (Å²) in [6, 6.07) is 0. The fraction of sp³-hybridized carbons (Fsp3) is 0.625. The second-order valence-corrected chi connectivity index (χ2v) is 3.09. The summed E-state index contributed by atoms with van der Waals surface area (Å²) in [5, 5.41) is 0. The Morgan fingerprint density at radius 3 is 2.44 bits per heavy atom. The highest BCUT2D eigenvalue weighted by atomic mass is 16.1. The van der Waals surface area contributed by atoms with Gasteiger partial charge in [0.1, 0.15) is 6.29 Å². The predicted molar refractivity (Wildman–Crippen MR) is 34.9 cm³/mol. The number of rotatable bonds is 1. The topological polar surface area (TPSA) is 17.1 Å². The Bertz CT molecular complexity index is 154. The zero-order valence-corrected chi connectivity index (χ0v) is 5.29. The third-order valence-corrected chi connectivity index (χ3v) is 2.52. The Hall–Kier alpha value is -0.590. The van der Waals surface area contributed by atoms with E-state index in [1.165, 1.54) is 12.8 Å². The molecule has 1 nitrogen and oxygen atoms in total. The molecule has 0 amide bonds. The summed E-state index contributed by atoms with van der Waals surface area (Å²) in [4.78, 5) is 10.3. The van der Waals surface area contributed by atoms with Gasteiger partial charge >= 0.3 is 0 Å². The van der Waals surface area contributed by atoms with Crippen LogP contribution in [-0.4, -0.2) is 6.29 Å². The second kappa shape index (κ2) is 1.69. The first-order valence-corrected chi connectivity index (χ1v) is 3.54. The molecule has 0 aromatic carbocycles. The van der Waals surface area contributed by atoms with Gasteiger partial charge < -0.3 is 4.79 Å². The molecule has 0 N–H and O–H groups in total. The zero-order valence-electron chi connectivity index (χ0n) is 5.29. The van der Waals surface area contributed by atoms with Gasteiger partial charge in [-0.15, -0.1) is 0 Å². The Morgan fingerprint density at radius 2 is 2.11 bits per heavy atom. The van der Waals surface area contributed by atoms with Crippen LogP contribution in [0.3, 0.4) is 0 Å². The van der Waals surface area contributed by atoms with Crippen molar-refractivity contribution in [1.29, 1.82) is 0 Å². The van der Waals surface area contributed by atoms with Gasteiger partial charge in [0.05, 0.1) is 0 Å². The minimum absolute atomic E-state index is 0.259. The molecule has 0 heterocycles. The molecular formula is C8H10O. The number of hydrogen-bond donors (Lipinski definition) is 0. The lowest BCUT2D eigenvalue weighted by molar-refractivity contribution is -0.112. The van der Waals surface area contributed by atoms with E-state index in [0.29, 0.717) is 5.92 Å². The van der Waals surface area contributed by atoms with Gasteiger partial charge in [0.15, 0.2) is 0 Å². The molecule has 1 unspecified atom stereocenters. The first kappa shape index (κ1) is 5.21. The van der Waals surface area contributed by atoms with Crippen LogP contribution in [-0.2, 0) is 4.79 Å². The van der Waals surface area contributed by atoms with E-state index in [4.69, 9.17) is 0 Å². The fourth-order valence-corrected chi connectivity index (χ4v) is 1.78. The Morgan fingerprint density at radius 1 is 1.33 bits per heavy atom. The molecule has 2 bridgehead atoms. The van der Waals surface area contributed by atoms with Crippen molar-refractivity contribution < 1.29 is 4.79 Å². The maximum absolute atomic E-state index is 10.3. The number of aldehydes is 1. The molecule has 48 valence electrons. The van der Waals surface area contributed by atoms with Crippen LogP contribution in [0.4, 0.5) is 0 Å². The molecule has 1 heteroatoms. The van der Waals surface area contributed by atoms with Crippen molar-refractivity contribution in [2.75, 3.05) is 0 Å². The average molecular weight is 122 g/mol. The third-order valence-electron chi connectivity index (χ3n) is 2.52. The van der Waals surface area contributed by atoms with E-state index in [9.17, 15) is 4.79 Å². The second-order valence-electron chi connectivity index (χ2n) is 3.09. The van der Waals surface area contributed by atoms with E-state index in [2.05, 4.69) is 12.2 Å². The molecular weight excluding hydrogens is 112 g/mol. The number of hydrogen-bond acceptors (Lipinski definition) is 1. The van der Waals surface area contributed by atoms with E-state index in [0.717, 1.165) is 12.2 Å². The third kappa shape index (κ3) is 0.640. The molecule has 3 aliphatic carbocycles. The summed E-state index contributed by atoms with van der Waals surface area (Å²) in [5.74, 6) is 1.79. The van der Waals surface area contributed by atoms with Crippen molar-refractivity contribution in [1.82, 2.24) is 0 Å². The average Bonchev–Trinajstić information content (AvgIpc) is 1.86. The molecule has 0 aliphatic heterocycles. The molecule has 3 rings (SSSR count). The minimum Gasteiger partial charge on any atom is -0.303 e. The van der Waals surface area contributed by atoms with Gasteiger partial charge in [0.25, 0.3) is 0 Å². The first-order chi connectivity index (χ1) is 4.40. The van der Waals surface area contributed by atoms with Crippen molar-refractivity contribution >= 4 is 6.29 Å². The molecule has 0 spiro atoms. The van der Waals surface area contributed by atoms with E-state index >= 15 is 0 Å². The molecule has 0 saturated heterocycles. The lowest BCUT2D eigenvalue weighted by atomic mass is 9.64. The Labute approximate surface area is 54.8 Å². The molecule has 9 heavy (non-hydrogen) atoms. The molecule has 1 saturated carbocycles. The smallest absolute Gasteiger partial charge is 0.127 e. The van der Waals surface area contributed by atoms with Crippen LogP contribution in [0, 0.1) is 17.8 Å². The van der Waals surface area contributed by atoms with Crippen LogP contribution in [0.5, 0.6) is 0 Å². The molecule has 1 fully saturated rings. The number of carbonyl (C=O) groups is 1. The number of allylic oxidation sites excluding steroid dienone is 2. The molecule has 0 radical (unpaired) electrons. The summed E-state index contributed by atoms with van der Waals surface area (Å²) >= 11 is 0. The highest BCUT2D eigenvalue weighted by Crippen LogP contribution is 2.43. The monoisotopic (exact) mass is 122 g/mol. The van der Waals surface area contributed by atoms with Gasteiger partial charge in [-0.2, -0.15) is 0 Å². The number of carbonyl (C=O) groups excluding carboxylic acids is 1. The first-order valence-electron chi connectivity index (χ1n) is 3.54. The summed E-state index contributed by atoms with van der Waals surface area (Å²) in [6.07, 6.45) is 7.87. The van der Waals surface area contributed by atoms with Crippen molar-refractivity contribution in [3.8, 4) is 0 Å². The van der Waals surface area contributed by atoms with E-state index in [-0.39, 0.29) is 5.92 Å². The van der Waals surface area contributed by atoms with Crippen molar-refractivity contribution in [2.24, 2.45) is 17.8 Å². The van der Waals surface area contributed by atoms with Crippen molar-refractivity contribution in [2.45, 2.75) is 12.8 Å². The molecule has 0 aromatic rings. The quantitative estimate of drug-likeness (QED) is 0.379. The molecule has 1 atom stereocenters. The van der Waals surface area contributed by atoms with Gasteiger partial charge in [-0.25, -0.2) is 0 Å². The van der Waals surface area contributed by atoms with Crippen LogP contribution in [0.2, 0.25) is 0 Å². The van der Waals surface area contributed by atoms with Crippen molar-refractivity contribution in [3.63, 3.8) is 0 Å². The van der Waals surface area contributed by atoms with Gasteiger partial charge in [0, 0.05) is 5.92 Å². The number of fused-ring (bicyclic) bond motifs is 1. The fourth-order valence-electron chi connectivity index (χ4n) is 1.78. The van der Waals surface area contributed by atoms with E-state index in [1.54, 1.807) is 0 Å². The Balaban J connectivity index is 2.17. The lowest BCUT2D eigenvalue weighted by Crippen LogP contribution is -2.32. The summed E-state index contributed by atoms with van der Waals surface area (Å²) < 4.78 is 0. The molecule has 0 aromatic heterocycles. The highest BCUT2D eigenvalue weighted by molar-refractivity contribution is 5.58.